The summed E-state index contributed by atoms with van der Waals surface area (Å²) in [5.74, 6) is 1.66. The Labute approximate surface area is 136 Å². The number of fused-ring (bicyclic) bond motifs is 1. The Morgan fingerprint density at radius 3 is 2.74 bits per heavy atom. The van der Waals surface area contributed by atoms with Crippen molar-refractivity contribution in [3.63, 3.8) is 0 Å². The molecule has 0 aliphatic carbocycles. The van der Waals surface area contributed by atoms with E-state index in [9.17, 15) is 0 Å². The molecular formula is C18H22N4O. The first-order chi connectivity index (χ1) is 10.9. The minimum Gasteiger partial charge on any atom is -0.497 e. The van der Waals surface area contributed by atoms with Crippen LogP contribution in [0.5, 0.6) is 5.75 Å². The van der Waals surface area contributed by atoms with Crippen LogP contribution in [0.15, 0.2) is 36.5 Å². The van der Waals surface area contributed by atoms with Crippen molar-refractivity contribution in [3.8, 4) is 17.1 Å². The first kappa shape index (κ1) is 15.5. The van der Waals surface area contributed by atoms with Crippen molar-refractivity contribution in [2.45, 2.75) is 32.9 Å². The number of aromatic nitrogens is 3. The normalized spacial score (nSPS) is 11.9. The number of methoxy groups -OCH3 is 1. The Hall–Kier alpha value is -2.40. The molecule has 2 aromatic heterocycles. The molecule has 5 heteroatoms. The number of imidazole rings is 1. The lowest BCUT2D eigenvalue weighted by Gasteiger charge is -2.21. The van der Waals surface area contributed by atoms with Crippen LogP contribution in [0.2, 0.25) is 0 Å². The summed E-state index contributed by atoms with van der Waals surface area (Å²) in [6, 6.07) is 9.94. The summed E-state index contributed by atoms with van der Waals surface area (Å²) in [7, 11) is 1.66. The topological polar surface area (TPSA) is 66.0 Å². The van der Waals surface area contributed by atoms with Crippen LogP contribution in [0.1, 0.15) is 19.4 Å². The molecular weight excluding hydrogens is 288 g/mol. The summed E-state index contributed by atoms with van der Waals surface area (Å²) < 4.78 is 7.42. The van der Waals surface area contributed by atoms with Crippen LogP contribution in [0.25, 0.3) is 22.6 Å². The Bertz CT molecular complexity index is 846. The maximum absolute atomic E-state index is 6.25. The standard InChI is InChI=1S/C18H22N4O/c1-12-8-15-17(20-10-12)22(11-18(2,3)19)16(21-15)13-6-5-7-14(9-13)23-4/h5-10H,11,19H2,1-4H3. The van der Waals surface area contributed by atoms with Gasteiger partial charge in [0.1, 0.15) is 17.1 Å². The van der Waals surface area contributed by atoms with E-state index in [4.69, 9.17) is 15.5 Å². The number of aryl methyl sites for hydroxylation is 1. The van der Waals surface area contributed by atoms with Gasteiger partial charge in [0.15, 0.2) is 5.65 Å². The van der Waals surface area contributed by atoms with Crippen LogP contribution in [0, 0.1) is 6.92 Å². The maximum atomic E-state index is 6.25. The van der Waals surface area contributed by atoms with Gasteiger partial charge in [-0.05, 0) is 44.5 Å². The summed E-state index contributed by atoms with van der Waals surface area (Å²) in [6.07, 6.45) is 1.86. The van der Waals surface area contributed by atoms with E-state index in [0.717, 1.165) is 33.9 Å². The van der Waals surface area contributed by atoms with Gasteiger partial charge in [-0.2, -0.15) is 0 Å². The Morgan fingerprint density at radius 1 is 1.26 bits per heavy atom. The average Bonchev–Trinajstić information content (AvgIpc) is 2.83. The average molecular weight is 310 g/mol. The Morgan fingerprint density at radius 2 is 2.04 bits per heavy atom. The van der Waals surface area contributed by atoms with E-state index in [0.29, 0.717) is 6.54 Å². The fourth-order valence-corrected chi connectivity index (χ4v) is 2.65. The molecule has 23 heavy (non-hydrogen) atoms. The van der Waals surface area contributed by atoms with E-state index in [1.807, 2.05) is 57.3 Å². The van der Waals surface area contributed by atoms with Crippen LogP contribution in [-0.2, 0) is 6.54 Å². The molecule has 1 aromatic carbocycles. The van der Waals surface area contributed by atoms with Crippen molar-refractivity contribution in [2.75, 3.05) is 7.11 Å². The van der Waals surface area contributed by atoms with Crippen LogP contribution in [-0.4, -0.2) is 27.2 Å². The smallest absolute Gasteiger partial charge is 0.160 e. The molecule has 120 valence electrons. The number of rotatable bonds is 4. The third-order valence-electron chi connectivity index (χ3n) is 3.62. The van der Waals surface area contributed by atoms with Gasteiger partial charge in [-0.1, -0.05) is 12.1 Å². The molecule has 2 heterocycles. The van der Waals surface area contributed by atoms with Crippen molar-refractivity contribution < 1.29 is 4.74 Å². The molecule has 0 saturated heterocycles. The highest BCUT2D eigenvalue weighted by Crippen LogP contribution is 2.28. The van der Waals surface area contributed by atoms with Crippen molar-refractivity contribution in [1.82, 2.24) is 14.5 Å². The van der Waals surface area contributed by atoms with Crippen LogP contribution < -0.4 is 10.5 Å². The van der Waals surface area contributed by atoms with Crippen molar-refractivity contribution in [1.29, 1.82) is 0 Å². The SMILES string of the molecule is COc1cccc(-c2nc3cc(C)cnc3n2CC(C)(C)N)c1. The van der Waals surface area contributed by atoms with Crippen LogP contribution >= 0.6 is 0 Å². The number of nitrogens with two attached hydrogens (primary N) is 1. The highest BCUT2D eigenvalue weighted by molar-refractivity contribution is 5.78. The molecule has 0 spiro atoms. The molecule has 0 aliphatic rings. The zero-order valence-electron chi connectivity index (χ0n) is 14.0. The van der Waals surface area contributed by atoms with Gasteiger partial charge in [-0.25, -0.2) is 9.97 Å². The first-order valence-corrected chi connectivity index (χ1v) is 7.63. The van der Waals surface area contributed by atoms with Crippen LogP contribution in [0.3, 0.4) is 0 Å². The van der Waals surface area contributed by atoms with E-state index in [-0.39, 0.29) is 5.54 Å². The minimum absolute atomic E-state index is 0.367. The number of hydrogen-bond donors (Lipinski definition) is 1. The number of hydrogen-bond acceptors (Lipinski definition) is 4. The summed E-state index contributed by atoms with van der Waals surface area (Å²) in [5, 5.41) is 0. The second kappa shape index (κ2) is 5.66. The lowest BCUT2D eigenvalue weighted by Crippen LogP contribution is -2.37. The van der Waals surface area contributed by atoms with Gasteiger partial charge in [0.2, 0.25) is 0 Å². The molecule has 0 aliphatic heterocycles. The second-order valence-corrected chi connectivity index (χ2v) is 6.60. The van der Waals surface area contributed by atoms with Gasteiger partial charge in [-0.15, -0.1) is 0 Å². The highest BCUT2D eigenvalue weighted by atomic mass is 16.5. The molecule has 0 bridgehead atoms. The van der Waals surface area contributed by atoms with Crippen LogP contribution in [0.4, 0.5) is 0 Å². The molecule has 0 atom stereocenters. The van der Waals surface area contributed by atoms with Gasteiger partial charge in [0.05, 0.1) is 7.11 Å². The lowest BCUT2D eigenvalue weighted by molar-refractivity contribution is 0.415. The fourth-order valence-electron chi connectivity index (χ4n) is 2.65. The van der Waals surface area contributed by atoms with Gasteiger partial charge in [0.25, 0.3) is 0 Å². The number of pyridine rings is 1. The molecule has 3 aromatic rings. The number of ether oxygens (including phenoxy) is 1. The minimum atomic E-state index is -0.367. The number of nitrogens with zero attached hydrogens (tertiary/aromatic N) is 3. The Kier molecular flexibility index (Phi) is 3.82. The first-order valence-electron chi connectivity index (χ1n) is 7.63. The number of benzene rings is 1. The summed E-state index contributed by atoms with van der Waals surface area (Å²) in [5.41, 5.74) is 9.70. The van der Waals surface area contributed by atoms with E-state index >= 15 is 0 Å². The molecule has 5 nitrogen and oxygen atoms in total. The zero-order valence-corrected chi connectivity index (χ0v) is 14.0. The van der Waals surface area contributed by atoms with E-state index < -0.39 is 0 Å². The largest absolute Gasteiger partial charge is 0.497 e. The fraction of sp³-hybridized carbons (Fsp3) is 0.333. The molecule has 0 unspecified atom stereocenters. The second-order valence-electron chi connectivity index (χ2n) is 6.60. The molecule has 0 saturated carbocycles. The van der Waals surface area contributed by atoms with E-state index in [1.165, 1.54) is 0 Å². The highest BCUT2D eigenvalue weighted by Gasteiger charge is 2.20. The molecule has 3 rings (SSSR count). The van der Waals surface area contributed by atoms with Crippen molar-refractivity contribution in [3.05, 3.63) is 42.1 Å². The van der Waals surface area contributed by atoms with Gasteiger partial charge in [0, 0.05) is 23.8 Å². The van der Waals surface area contributed by atoms with Gasteiger partial charge in [-0.3, -0.25) is 0 Å². The summed E-state index contributed by atoms with van der Waals surface area (Å²) in [4.78, 5) is 9.36. The summed E-state index contributed by atoms with van der Waals surface area (Å²) in [6.45, 7) is 6.65. The van der Waals surface area contributed by atoms with Gasteiger partial charge >= 0.3 is 0 Å². The van der Waals surface area contributed by atoms with Crippen molar-refractivity contribution in [2.24, 2.45) is 5.73 Å². The zero-order chi connectivity index (χ0) is 16.6. The predicted octanol–water partition coefficient (Wildman–Crippen LogP) is 3.15. The maximum Gasteiger partial charge on any atom is 0.160 e. The molecule has 0 radical (unpaired) electrons. The quantitative estimate of drug-likeness (QED) is 0.804. The van der Waals surface area contributed by atoms with Crippen molar-refractivity contribution >= 4 is 11.2 Å². The predicted molar refractivity (Wildman–Crippen MR) is 92.5 cm³/mol. The summed E-state index contributed by atoms with van der Waals surface area (Å²) >= 11 is 0. The molecule has 0 fully saturated rings. The third-order valence-corrected chi connectivity index (χ3v) is 3.62. The third kappa shape index (κ3) is 3.19. The lowest BCUT2D eigenvalue weighted by atomic mass is 10.1. The molecule has 0 amide bonds. The molecule has 2 N–H and O–H groups in total. The Balaban J connectivity index is 2.23. The van der Waals surface area contributed by atoms with E-state index in [2.05, 4.69) is 9.55 Å². The monoisotopic (exact) mass is 310 g/mol. The van der Waals surface area contributed by atoms with E-state index in [1.54, 1.807) is 7.11 Å². The van der Waals surface area contributed by atoms with Gasteiger partial charge < -0.3 is 15.0 Å².